The highest BCUT2D eigenvalue weighted by Gasteiger charge is 2.53. The lowest BCUT2D eigenvalue weighted by Gasteiger charge is -2.35. The van der Waals surface area contributed by atoms with Crippen LogP contribution in [0, 0.1) is 6.92 Å². The van der Waals surface area contributed by atoms with Gasteiger partial charge in [-0.25, -0.2) is 13.9 Å². The van der Waals surface area contributed by atoms with Gasteiger partial charge in [0.2, 0.25) is 11.9 Å². The molecule has 0 saturated carbocycles. The fraction of sp³-hybridized carbons (Fsp3) is 0.524. The van der Waals surface area contributed by atoms with Crippen LogP contribution in [-0.2, 0) is 11.3 Å². The summed E-state index contributed by atoms with van der Waals surface area (Å²) in [6.45, 7) is 5.72. The number of carbonyl (C=O) groups is 2. The number of hydrogen-bond donors (Lipinski definition) is 0. The Morgan fingerprint density at radius 3 is 2.73 bits per heavy atom. The molecule has 1 atom stereocenters. The van der Waals surface area contributed by atoms with Gasteiger partial charge in [-0.2, -0.15) is 0 Å². The van der Waals surface area contributed by atoms with Crippen molar-refractivity contribution in [3.05, 3.63) is 36.0 Å². The van der Waals surface area contributed by atoms with Crippen LogP contribution in [0.5, 0.6) is 0 Å². The zero-order valence-electron chi connectivity index (χ0n) is 17.5. The lowest BCUT2D eigenvalue weighted by Crippen LogP contribution is -2.63. The highest BCUT2D eigenvalue weighted by Crippen LogP contribution is 2.29. The Labute approximate surface area is 175 Å². The van der Waals surface area contributed by atoms with Crippen molar-refractivity contribution >= 4 is 23.7 Å². The van der Waals surface area contributed by atoms with E-state index in [1.54, 1.807) is 13.3 Å². The van der Waals surface area contributed by atoms with Crippen LogP contribution in [0.25, 0.3) is 0 Å². The number of likely N-dealkylation sites (tertiary alicyclic amines) is 1. The van der Waals surface area contributed by atoms with Gasteiger partial charge in [0.15, 0.2) is 0 Å². The fourth-order valence-electron chi connectivity index (χ4n) is 4.61. The number of fused-ring (bicyclic) bond motifs is 3. The molecule has 0 aliphatic carbocycles. The smallest absolute Gasteiger partial charge is 0.402 e. The maximum Gasteiger partial charge on any atom is 0.402 e. The monoisotopic (exact) mass is 411 g/mol. The molecule has 0 spiro atoms. The molecule has 2 aromatic rings. The maximum absolute atomic E-state index is 13.4. The van der Waals surface area contributed by atoms with E-state index in [4.69, 9.17) is 4.42 Å². The van der Waals surface area contributed by atoms with Crippen LogP contribution in [0.3, 0.4) is 0 Å². The lowest BCUT2D eigenvalue weighted by atomic mass is 10.1. The molecule has 5 heterocycles. The van der Waals surface area contributed by atoms with E-state index in [9.17, 15) is 9.59 Å². The first-order valence-corrected chi connectivity index (χ1v) is 10.6. The third-order valence-electron chi connectivity index (χ3n) is 6.31. The highest BCUT2D eigenvalue weighted by atomic mass is 16.3. The first-order chi connectivity index (χ1) is 14.5. The van der Waals surface area contributed by atoms with E-state index in [-0.39, 0.29) is 11.9 Å². The zero-order chi connectivity index (χ0) is 20.8. The summed E-state index contributed by atoms with van der Waals surface area (Å²) in [5, 5.41) is 0. The van der Waals surface area contributed by atoms with Crippen molar-refractivity contribution in [1.29, 1.82) is 0 Å². The minimum atomic E-state index is -0.597. The Bertz CT molecular complexity index is 1000. The quantitative estimate of drug-likeness (QED) is 0.702. The number of hydrogen-bond acceptors (Lipinski definition) is 5. The number of rotatable bonds is 5. The minimum absolute atomic E-state index is 0.201. The van der Waals surface area contributed by atoms with Crippen LogP contribution < -0.4 is 4.57 Å². The van der Waals surface area contributed by atoms with Crippen molar-refractivity contribution in [2.75, 3.05) is 33.2 Å². The average Bonchev–Trinajstić information content (AvgIpc) is 3.45. The van der Waals surface area contributed by atoms with Gasteiger partial charge in [-0.3, -0.25) is 14.6 Å². The summed E-state index contributed by atoms with van der Waals surface area (Å²) in [7, 11) is 1.70. The van der Waals surface area contributed by atoms with E-state index in [1.807, 2.05) is 34.4 Å². The van der Waals surface area contributed by atoms with Gasteiger partial charge in [-0.05, 0) is 45.0 Å². The number of urea groups is 1. The van der Waals surface area contributed by atoms with Crippen LogP contribution in [0.1, 0.15) is 36.8 Å². The van der Waals surface area contributed by atoms with Crippen LogP contribution in [0.15, 0.2) is 34.0 Å². The Hall–Kier alpha value is -2.94. The molecule has 2 saturated heterocycles. The van der Waals surface area contributed by atoms with E-state index in [0.29, 0.717) is 24.9 Å². The summed E-state index contributed by atoms with van der Waals surface area (Å²) in [4.78, 5) is 36.2. The van der Waals surface area contributed by atoms with Gasteiger partial charge >= 0.3 is 12.0 Å². The minimum Gasteiger partial charge on any atom is -0.466 e. The summed E-state index contributed by atoms with van der Waals surface area (Å²) < 4.78 is 9.37. The molecule has 0 radical (unpaired) electrons. The number of aromatic nitrogens is 2. The van der Waals surface area contributed by atoms with Crippen molar-refractivity contribution in [3.8, 4) is 0 Å². The number of nitrogens with zero attached hydrogens (tertiary/aromatic N) is 6. The first kappa shape index (κ1) is 19.0. The molecule has 2 fully saturated rings. The summed E-state index contributed by atoms with van der Waals surface area (Å²) in [5.74, 6) is 1.76. The molecule has 1 unspecified atom stereocenters. The molecule has 158 valence electrons. The number of amidine groups is 1. The van der Waals surface area contributed by atoms with E-state index in [0.717, 1.165) is 31.1 Å². The molecule has 9 nitrogen and oxygen atoms in total. The number of aryl methyl sites for hydroxylation is 1. The summed E-state index contributed by atoms with van der Waals surface area (Å²) in [6, 6.07) is 2.87. The van der Waals surface area contributed by atoms with Crippen LogP contribution >= 0.6 is 0 Å². The standard InChI is InChI=1S/C21H27N6O3/c1-15-13-27-17-18(22-20(27)26(15)14-16-7-6-12-30-16)23(2)21(29)25(19(17)28)11-10-24-8-4-3-5-9-24/h6-7,12-13,17H,3-5,8-11,14H2,1-2H3/q+1. The van der Waals surface area contributed by atoms with E-state index >= 15 is 0 Å². The van der Waals surface area contributed by atoms with Gasteiger partial charge in [0.25, 0.3) is 5.91 Å². The van der Waals surface area contributed by atoms with Crippen molar-refractivity contribution < 1.29 is 18.6 Å². The van der Waals surface area contributed by atoms with Gasteiger partial charge < -0.3 is 9.32 Å². The van der Waals surface area contributed by atoms with Gasteiger partial charge in [0.1, 0.15) is 24.2 Å². The third-order valence-corrected chi connectivity index (χ3v) is 6.31. The number of likely N-dealkylation sites (N-methyl/N-ethyl adjacent to an activating group) is 1. The zero-order valence-corrected chi connectivity index (χ0v) is 17.5. The van der Waals surface area contributed by atoms with E-state index in [2.05, 4.69) is 9.89 Å². The lowest BCUT2D eigenvalue weighted by molar-refractivity contribution is -0.677. The molecule has 30 heavy (non-hydrogen) atoms. The van der Waals surface area contributed by atoms with Gasteiger partial charge in [-0.1, -0.05) is 11.4 Å². The molecule has 9 heteroatoms. The summed E-state index contributed by atoms with van der Waals surface area (Å²) in [6.07, 6.45) is 7.20. The Morgan fingerprint density at radius 2 is 2.00 bits per heavy atom. The second-order valence-corrected chi connectivity index (χ2v) is 8.25. The average molecular weight is 411 g/mol. The largest absolute Gasteiger partial charge is 0.466 e. The second-order valence-electron chi connectivity index (χ2n) is 8.25. The van der Waals surface area contributed by atoms with E-state index in [1.165, 1.54) is 29.1 Å². The van der Waals surface area contributed by atoms with Crippen molar-refractivity contribution in [1.82, 2.24) is 19.3 Å². The van der Waals surface area contributed by atoms with Crippen LogP contribution in [0.4, 0.5) is 10.7 Å². The number of imide groups is 1. The molecular formula is C21H27N6O3+. The number of aliphatic imine (C=N–C) groups is 1. The SMILES string of the molecule is Cc1c[n+]2c(n1Cc1ccco1)N=C1C2C(=O)N(CCN2CCCCC2)C(=O)N1C. The first-order valence-electron chi connectivity index (χ1n) is 10.6. The van der Waals surface area contributed by atoms with E-state index < -0.39 is 6.04 Å². The summed E-state index contributed by atoms with van der Waals surface area (Å²) in [5.41, 5.74) is 0.983. The molecule has 0 aromatic carbocycles. The van der Waals surface area contributed by atoms with Crippen LogP contribution in [0.2, 0.25) is 0 Å². The molecule has 0 bridgehead atoms. The number of piperidine rings is 1. The predicted molar refractivity (Wildman–Crippen MR) is 108 cm³/mol. The maximum atomic E-state index is 13.4. The molecule has 3 aliphatic rings. The number of furan rings is 1. The van der Waals surface area contributed by atoms with Crippen molar-refractivity contribution in [3.63, 3.8) is 0 Å². The molecular weight excluding hydrogens is 384 g/mol. The number of amides is 3. The third kappa shape index (κ3) is 3.04. The highest BCUT2D eigenvalue weighted by molar-refractivity contribution is 6.19. The van der Waals surface area contributed by atoms with Crippen molar-refractivity contribution in [2.24, 2.45) is 4.99 Å². The Kier molecular flexibility index (Phi) is 4.69. The summed E-state index contributed by atoms with van der Waals surface area (Å²) >= 11 is 0. The van der Waals surface area contributed by atoms with Gasteiger partial charge in [0.05, 0.1) is 6.26 Å². The number of imidazole rings is 1. The molecule has 3 aliphatic heterocycles. The number of carbonyl (C=O) groups excluding carboxylic acids is 2. The Morgan fingerprint density at radius 1 is 1.20 bits per heavy atom. The second kappa shape index (κ2) is 7.39. The molecule has 3 amide bonds. The normalized spacial score (nSPS) is 21.8. The molecule has 5 rings (SSSR count). The fourth-order valence-corrected chi connectivity index (χ4v) is 4.61. The molecule has 0 N–H and O–H groups in total. The van der Waals surface area contributed by atoms with Crippen LogP contribution in [-0.4, -0.2) is 70.3 Å². The topological polar surface area (TPSA) is 78.2 Å². The Balaban J connectivity index is 1.41. The van der Waals surface area contributed by atoms with Gasteiger partial charge in [0, 0.05) is 20.1 Å². The molecule has 2 aromatic heterocycles. The predicted octanol–water partition coefficient (Wildman–Crippen LogP) is 1.69. The van der Waals surface area contributed by atoms with Gasteiger partial charge in [-0.15, -0.1) is 0 Å². The van der Waals surface area contributed by atoms with Crippen molar-refractivity contribution in [2.45, 2.75) is 38.8 Å².